The SMILES string of the molecule is O=C(c1oc2ccccc2c1CSc1ncccn1)N1CCC(c2c[nH]c3ncccc23)CC1. The summed E-state index contributed by atoms with van der Waals surface area (Å²) in [4.78, 5) is 31.8. The molecule has 0 unspecified atom stereocenters. The normalized spacial score (nSPS) is 14.8. The highest BCUT2D eigenvalue weighted by atomic mass is 32.2. The van der Waals surface area contributed by atoms with E-state index in [2.05, 4.69) is 32.2 Å². The lowest BCUT2D eigenvalue weighted by molar-refractivity contribution is 0.0682. The quantitative estimate of drug-likeness (QED) is 0.273. The Labute approximate surface area is 200 Å². The van der Waals surface area contributed by atoms with Gasteiger partial charge < -0.3 is 14.3 Å². The number of likely N-dealkylation sites (tertiary alicyclic amines) is 1. The molecule has 7 nitrogen and oxygen atoms in total. The smallest absolute Gasteiger partial charge is 0.289 e. The van der Waals surface area contributed by atoms with Crippen molar-refractivity contribution in [2.75, 3.05) is 13.1 Å². The fourth-order valence-electron chi connectivity index (χ4n) is 4.76. The Morgan fingerprint density at radius 3 is 2.62 bits per heavy atom. The van der Waals surface area contributed by atoms with Crippen LogP contribution in [0.15, 0.2) is 76.8 Å². The number of carbonyl (C=O) groups is 1. The molecule has 1 aliphatic rings. The number of fused-ring (bicyclic) bond motifs is 2. The van der Waals surface area contributed by atoms with Gasteiger partial charge in [0.1, 0.15) is 11.2 Å². The van der Waals surface area contributed by atoms with Gasteiger partial charge in [-0.05, 0) is 48.6 Å². The van der Waals surface area contributed by atoms with E-state index in [1.54, 1.807) is 24.7 Å². The summed E-state index contributed by atoms with van der Waals surface area (Å²) in [6, 6.07) is 13.7. The van der Waals surface area contributed by atoms with Gasteiger partial charge in [-0.3, -0.25) is 4.79 Å². The van der Waals surface area contributed by atoms with Crippen LogP contribution in [0.25, 0.3) is 22.0 Å². The number of hydrogen-bond donors (Lipinski definition) is 1. The Balaban J connectivity index is 1.22. The number of carbonyl (C=O) groups excluding carboxylic acids is 1. The van der Waals surface area contributed by atoms with E-state index in [0.29, 0.717) is 35.7 Å². The van der Waals surface area contributed by atoms with Gasteiger partial charge in [0.15, 0.2) is 10.9 Å². The van der Waals surface area contributed by atoms with E-state index < -0.39 is 0 Å². The zero-order valence-corrected chi connectivity index (χ0v) is 19.3. The van der Waals surface area contributed by atoms with Crippen LogP contribution in [0.2, 0.25) is 0 Å². The number of aromatic nitrogens is 4. The highest BCUT2D eigenvalue weighted by Crippen LogP contribution is 2.35. The summed E-state index contributed by atoms with van der Waals surface area (Å²) in [5, 5.41) is 2.82. The second-order valence-electron chi connectivity index (χ2n) is 8.44. The standard InChI is InChI=1S/C26H23N5O2S/c32-25(31-13-8-17(9-14-31)20-15-30-24-19(20)6-3-10-27-24)23-21(16-34-26-28-11-4-12-29-26)18-5-1-2-7-22(18)33-23/h1-7,10-12,15,17H,8-9,13-14,16H2,(H,27,30). The molecule has 0 radical (unpaired) electrons. The topological polar surface area (TPSA) is 87.9 Å². The number of nitrogens with one attached hydrogen (secondary N) is 1. The molecule has 170 valence electrons. The van der Waals surface area contributed by atoms with Crippen molar-refractivity contribution in [1.29, 1.82) is 0 Å². The summed E-state index contributed by atoms with van der Waals surface area (Å²) in [5.41, 5.74) is 3.85. The van der Waals surface area contributed by atoms with Gasteiger partial charge in [-0.2, -0.15) is 0 Å². The number of para-hydroxylation sites is 1. The molecule has 8 heteroatoms. The predicted octanol–water partition coefficient (Wildman–Crippen LogP) is 5.41. The lowest BCUT2D eigenvalue weighted by atomic mass is 9.89. The molecule has 1 N–H and O–H groups in total. The first-order chi connectivity index (χ1) is 16.8. The van der Waals surface area contributed by atoms with Crippen LogP contribution in [-0.2, 0) is 5.75 Å². The lowest BCUT2D eigenvalue weighted by Crippen LogP contribution is -2.38. The number of amides is 1. The second kappa shape index (κ2) is 8.95. The van der Waals surface area contributed by atoms with Crippen LogP contribution in [0.3, 0.4) is 0 Å². The van der Waals surface area contributed by atoms with Gasteiger partial charge in [-0.25, -0.2) is 15.0 Å². The van der Waals surface area contributed by atoms with Gasteiger partial charge in [0.25, 0.3) is 5.91 Å². The van der Waals surface area contributed by atoms with Crippen molar-refractivity contribution in [2.45, 2.75) is 29.7 Å². The van der Waals surface area contributed by atoms with Gasteiger partial charge in [0, 0.05) is 60.0 Å². The van der Waals surface area contributed by atoms with Gasteiger partial charge in [0.2, 0.25) is 0 Å². The zero-order chi connectivity index (χ0) is 22.9. The summed E-state index contributed by atoms with van der Waals surface area (Å²) in [6.45, 7) is 1.39. The fraction of sp³-hybridized carbons (Fsp3) is 0.231. The van der Waals surface area contributed by atoms with Crippen molar-refractivity contribution >= 4 is 39.7 Å². The number of H-pyrrole nitrogens is 1. The van der Waals surface area contributed by atoms with Gasteiger partial charge in [-0.1, -0.05) is 30.0 Å². The van der Waals surface area contributed by atoms with Crippen LogP contribution < -0.4 is 0 Å². The average Bonchev–Trinajstić information content (AvgIpc) is 3.49. The van der Waals surface area contributed by atoms with Crippen molar-refractivity contribution in [1.82, 2.24) is 24.8 Å². The van der Waals surface area contributed by atoms with Crippen LogP contribution in [0.1, 0.15) is 40.4 Å². The molecule has 0 spiro atoms. The number of rotatable bonds is 5. The molecule has 5 heterocycles. The molecule has 1 saturated heterocycles. The van der Waals surface area contributed by atoms with E-state index >= 15 is 0 Å². The molecule has 0 saturated carbocycles. The van der Waals surface area contributed by atoms with Crippen molar-refractivity contribution in [3.63, 3.8) is 0 Å². The fourth-order valence-corrected chi connectivity index (χ4v) is 5.59. The summed E-state index contributed by atoms with van der Waals surface area (Å²) < 4.78 is 6.10. The van der Waals surface area contributed by atoms with Crippen LogP contribution in [0, 0.1) is 0 Å². The van der Waals surface area contributed by atoms with Crippen molar-refractivity contribution < 1.29 is 9.21 Å². The first-order valence-corrected chi connectivity index (χ1v) is 12.4. The summed E-state index contributed by atoms with van der Waals surface area (Å²) in [7, 11) is 0. The maximum absolute atomic E-state index is 13.6. The van der Waals surface area contributed by atoms with Gasteiger partial charge in [0.05, 0.1) is 0 Å². The minimum atomic E-state index is -0.0418. The van der Waals surface area contributed by atoms with Crippen LogP contribution in [0.4, 0.5) is 0 Å². The molecule has 0 bridgehead atoms. The summed E-state index contributed by atoms with van der Waals surface area (Å²) in [6.07, 6.45) is 9.15. The maximum atomic E-state index is 13.6. The molecule has 4 aromatic heterocycles. The molecule has 0 aliphatic carbocycles. The van der Waals surface area contributed by atoms with E-state index in [1.165, 1.54) is 22.7 Å². The van der Waals surface area contributed by atoms with Crippen LogP contribution in [-0.4, -0.2) is 43.8 Å². The third-order valence-electron chi connectivity index (χ3n) is 6.49. The molecule has 5 aromatic rings. The Morgan fingerprint density at radius 1 is 1.00 bits per heavy atom. The molecule has 1 aromatic carbocycles. The van der Waals surface area contributed by atoms with Crippen LogP contribution >= 0.6 is 11.8 Å². The highest BCUT2D eigenvalue weighted by molar-refractivity contribution is 7.98. The molecule has 1 fully saturated rings. The molecule has 0 atom stereocenters. The molecular formula is C26H23N5O2S. The Bertz CT molecular complexity index is 1450. The number of pyridine rings is 1. The summed E-state index contributed by atoms with van der Waals surface area (Å²) >= 11 is 1.51. The minimum absolute atomic E-state index is 0.0418. The number of nitrogens with zero attached hydrogens (tertiary/aromatic N) is 4. The van der Waals surface area contributed by atoms with E-state index in [-0.39, 0.29) is 5.91 Å². The van der Waals surface area contributed by atoms with Crippen molar-refractivity contribution in [2.24, 2.45) is 0 Å². The first-order valence-electron chi connectivity index (χ1n) is 11.4. The lowest BCUT2D eigenvalue weighted by Gasteiger charge is -2.31. The van der Waals surface area contributed by atoms with Crippen molar-refractivity contribution in [3.05, 3.63) is 84.1 Å². The molecule has 6 rings (SSSR count). The highest BCUT2D eigenvalue weighted by Gasteiger charge is 2.30. The van der Waals surface area contributed by atoms with E-state index in [1.807, 2.05) is 35.2 Å². The summed E-state index contributed by atoms with van der Waals surface area (Å²) in [5.74, 6) is 1.36. The Kier molecular flexibility index (Phi) is 5.50. The predicted molar refractivity (Wildman–Crippen MR) is 132 cm³/mol. The van der Waals surface area contributed by atoms with Gasteiger partial charge >= 0.3 is 0 Å². The van der Waals surface area contributed by atoms with E-state index in [4.69, 9.17) is 4.42 Å². The van der Waals surface area contributed by atoms with Gasteiger partial charge in [-0.15, -0.1) is 0 Å². The number of benzene rings is 1. The zero-order valence-electron chi connectivity index (χ0n) is 18.5. The number of aromatic amines is 1. The van der Waals surface area contributed by atoms with E-state index in [9.17, 15) is 4.79 Å². The molecule has 1 amide bonds. The van der Waals surface area contributed by atoms with Crippen LogP contribution in [0.5, 0.6) is 0 Å². The molecule has 1 aliphatic heterocycles. The average molecular weight is 470 g/mol. The number of thioether (sulfide) groups is 1. The largest absolute Gasteiger partial charge is 0.451 e. The third kappa shape index (κ3) is 3.84. The third-order valence-corrected chi connectivity index (χ3v) is 7.39. The number of hydrogen-bond acceptors (Lipinski definition) is 6. The molecule has 34 heavy (non-hydrogen) atoms. The Hall–Kier alpha value is -3.65. The molecular weight excluding hydrogens is 446 g/mol. The second-order valence-corrected chi connectivity index (χ2v) is 9.38. The van der Waals surface area contributed by atoms with Crippen molar-refractivity contribution in [3.8, 4) is 0 Å². The minimum Gasteiger partial charge on any atom is -0.451 e. The first kappa shape index (κ1) is 20.9. The maximum Gasteiger partial charge on any atom is 0.289 e. The number of furan rings is 1. The van der Waals surface area contributed by atoms with E-state index in [0.717, 1.165) is 35.0 Å². The Morgan fingerprint density at radius 2 is 1.76 bits per heavy atom. The number of piperidine rings is 1. The monoisotopic (exact) mass is 469 g/mol.